The number of benzene rings is 1. The van der Waals surface area contributed by atoms with Gasteiger partial charge in [-0.25, -0.2) is 9.18 Å². The van der Waals surface area contributed by atoms with Crippen LogP contribution >= 0.6 is 11.3 Å². The maximum Gasteiger partial charge on any atom is 0.346 e. The minimum atomic E-state index is -0.884. The zero-order valence-electron chi connectivity index (χ0n) is 10.2. The minimum absolute atomic E-state index is 0.235. The molecule has 0 saturated carbocycles. The second-order valence-corrected chi connectivity index (χ2v) is 5.05. The van der Waals surface area contributed by atoms with Gasteiger partial charge in [0.05, 0.1) is 0 Å². The summed E-state index contributed by atoms with van der Waals surface area (Å²) in [6.07, 6.45) is 0.785. The molecule has 0 saturated heterocycles. The number of carboxylic acid groups (broad SMARTS) is 1. The van der Waals surface area contributed by atoms with Crippen LogP contribution in [0.4, 0.5) is 4.39 Å². The van der Waals surface area contributed by atoms with E-state index in [4.69, 9.17) is 5.11 Å². The zero-order chi connectivity index (χ0) is 13.7. The van der Waals surface area contributed by atoms with E-state index in [0.29, 0.717) is 11.4 Å². The molecule has 0 unspecified atom stereocenters. The average Bonchev–Trinajstić information content (AvgIpc) is 2.85. The van der Waals surface area contributed by atoms with Crippen LogP contribution in [0.15, 0.2) is 35.7 Å². The quantitative estimate of drug-likeness (QED) is 0.799. The largest absolute Gasteiger partial charge is 0.477 e. The number of hydrogen-bond donors (Lipinski definition) is 2. The molecule has 0 amide bonds. The lowest BCUT2D eigenvalue weighted by molar-refractivity contribution is 0.0701. The van der Waals surface area contributed by atoms with Crippen LogP contribution in [0.3, 0.4) is 0 Å². The molecular formula is C14H14FNO2S. The number of rotatable bonds is 6. The number of aromatic carboxylic acids is 1. The minimum Gasteiger partial charge on any atom is -0.477 e. The van der Waals surface area contributed by atoms with E-state index in [1.807, 2.05) is 6.07 Å². The zero-order valence-corrected chi connectivity index (χ0v) is 11.0. The van der Waals surface area contributed by atoms with Crippen LogP contribution in [0.5, 0.6) is 0 Å². The number of carbonyl (C=O) groups is 1. The Balaban J connectivity index is 1.79. The van der Waals surface area contributed by atoms with E-state index < -0.39 is 5.97 Å². The van der Waals surface area contributed by atoms with Crippen LogP contribution in [0.25, 0.3) is 0 Å². The Morgan fingerprint density at radius 1 is 1.26 bits per heavy atom. The smallest absolute Gasteiger partial charge is 0.346 e. The number of carboxylic acids is 1. The van der Waals surface area contributed by atoms with Gasteiger partial charge in [-0.05, 0) is 47.7 Å². The van der Waals surface area contributed by atoms with Crippen molar-refractivity contribution >= 4 is 17.3 Å². The second-order valence-electron chi connectivity index (χ2n) is 4.13. The molecular weight excluding hydrogens is 265 g/mol. The Morgan fingerprint density at radius 2 is 2.00 bits per heavy atom. The van der Waals surface area contributed by atoms with Gasteiger partial charge < -0.3 is 10.4 Å². The Labute approximate surface area is 114 Å². The molecule has 0 aliphatic heterocycles. The fraction of sp³-hybridized carbons (Fsp3) is 0.214. The highest BCUT2D eigenvalue weighted by molar-refractivity contribution is 7.12. The molecule has 5 heteroatoms. The van der Waals surface area contributed by atoms with Crippen molar-refractivity contribution in [2.75, 3.05) is 6.54 Å². The fourth-order valence-corrected chi connectivity index (χ4v) is 2.53. The molecule has 3 nitrogen and oxygen atoms in total. The Bertz CT molecular complexity index is 551. The summed E-state index contributed by atoms with van der Waals surface area (Å²) in [6.45, 7) is 1.26. The van der Waals surface area contributed by atoms with Gasteiger partial charge >= 0.3 is 5.97 Å². The molecule has 2 N–H and O–H groups in total. The van der Waals surface area contributed by atoms with Crippen molar-refractivity contribution in [3.8, 4) is 0 Å². The summed E-state index contributed by atoms with van der Waals surface area (Å²) in [5, 5.41) is 13.9. The summed E-state index contributed by atoms with van der Waals surface area (Å²) in [5.41, 5.74) is 1.86. The standard InChI is InChI=1S/C14H14FNO2S/c15-12-3-1-10(2-4-12)5-7-16-9-11-6-8-19-13(11)14(17)18/h1-4,6,8,16H,5,7,9H2,(H,17,18). The lowest BCUT2D eigenvalue weighted by Crippen LogP contribution is -2.17. The second kappa shape index (κ2) is 6.45. The summed E-state index contributed by atoms with van der Waals surface area (Å²) in [6, 6.07) is 8.21. The van der Waals surface area contributed by atoms with Crippen LogP contribution in [0.1, 0.15) is 20.8 Å². The van der Waals surface area contributed by atoms with Crippen molar-refractivity contribution in [1.29, 1.82) is 0 Å². The lowest BCUT2D eigenvalue weighted by Gasteiger charge is -2.05. The Kier molecular flexibility index (Phi) is 4.65. The van der Waals surface area contributed by atoms with Gasteiger partial charge in [0.2, 0.25) is 0 Å². The molecule has 1 aromatic carbocycles. The first kappa shape index (κ1) is 13.7. The lowest BCUT2D eigenvalue weighted by atomic mass is 10.1. The first-order valence-corrected chi connectivity index (χ1v) is 6.79. The third kappa shape index (κ3) is 3.87. The molecule has 2 rings (SSSR count). The van der Waals surface area contributed by atoms with Gasteiger partial charge in [-0.2, -0.15) is 0 Å². The van der Waals surface area contributed by atoms with Crippen LogP contribution < -0.4 is 5.32 Å². The molecule has 0 aliphatic rings. The molecule has 1 aromatic heterocycles. The van der Waals surface area contributed by atoms with Gasteiger partial charge in [0.1, 0.15) is 10.7 Å². The molecule has 0 fully saturated rings. The van der Waals surface area contributed by atoms with E-state index in [9.17, 15) is 9.18 Å². The van der Waals surface area contributed by atoms with Gasteiger partial charge in [-0.15, -0.1) is 11.3 Å². The topological polar surface area (TPSA) is 49.3 Å². The third-order valence-corrected chi connectivity index (χ3v) is 3.70. The van der Waals surface area contributed by atoms with E-state index in [2.05, 4.69) is 5.32 Å². The maximum absolute atomic E-state index is 12.7. The van der Waals surface area contributed by atoms with Gasteiger partial charge in [-0.1, -0.05) is 12.1 Å². The first-order valence-electron chi connectivity index (χ1n) is 5.91. The summed E-state index contributed by atoms with van der Waals surface area (Å²) in [5.74, 6) is -1.12. The molecule has 0 spiro atoms. The number of halogens is 1. The average molecular weight is 279 g/mol. The van der Waals surface area contributed by atoms with Crippen molar-refractivity contribution in [2.24, 2.45) is 0 Å². The molecule has 0 radical (unpaired) electrons. The summed E-state index contributed by atoms with van der Waals surface area (Å²) in [4.78, 5) is 11.3. The normalized spacial score (nSPS) is 10.6. The third-order valence-electron chi connectivity index (χ3n) is 2.76. The van der Waals surface area contributed by atoms with E-state index in [1.165, 1.54) is 23.5 Å². The SMILES string of the molecule is O=C(O)c1sccc1CNCCc1ccc(F)cc1. The van der Waals surface area contributed by atoms with E-state index in [1.54, 1.807) is 17.5 Å². The monoisotopic (exact) mass is 279 g/mol. The van der Waals surface area contributed by atoms with Gasteiger partial charge in [0.15, 0.2) is 0 Å². The van der Waals surface area contributed by atoms with Crippen molar-refractivity contribution < 1.29 is 14.3 Å². The van der Waals surface area contributed by atoms with E-state index >= 15 is 0 Å². The predicted molar refractivity (Wildman–Crippen MR) is 73.1 cm³/mol. The van der Waals surface area contributed by atoms with E-state index in [0.717, 1.165) is 24.1 Å². The summed E-state index contributed by atoms with van der Waals surface area (Å²) in [7, 11) is 0. The number of nitrogens with one attached hydrogen (secondary N) is 1. The van der Waals surface area contributed by atoms with Crippen molar-refractivity contribution in [2.45, 2.75) is 13.0 Å². The highest BCUT2D eigenvalue weighted by Gasteiger charge is 2.10. The molecule has 19 heavy (non-hydrogen) atoms. The fourth-order valence-electron chi connectivity index (χ4n) is 1.77. The Hall–Kier alpha value is -1.72. The highest BCUT2D eigenvalue weighted by Crippen LogP contribution is 2.16. The van der Waals surface area contributed by atoms with Crippen LogP contribution in [0.2, 0.25) is 0 Å². The van der Waals surface area contributed by atoms with Gasteiger partial charge in [0, 0.05) is 6.54 Å². The van der Waals surface area contributed by atoms with Crippen LogP contribution in [0, 0.1) is 5.82 Å². The van der Waals surface area contributed by atoms with Gasteiger partial charge in [0.25, 0.3) is 0 Å². The van der Waals surface area contributed by atoms with Crippen LogP contribution in [-0.4, -0.2) is 17.6 Å². The van der Waals surface area contributed by atoms with Crippen molar-refractivity contribution in [3.05, 3.63) is 57.5 Å². The summed E-state index contributed by atoms with van der Waals surface area (Å²) >= 11 is 1.23. The van der Waals surface area contributed by atoms with E-state index in [-0.39, 0.29) is 5.82 Å². The number of hydrogen-bond acceptors (Lipinski definition) is 3. The maximum atomic E-state index is 12.7. The molecule has 0 atom stereocenters. The molecule has 1 heterocycles. The first-order chi connectivity index (χ1) is 9.16. The van der Waals surface area contributed by atoms with Gasteiger partial charge in [-0.3, -0.25) is 0 Å². The van der Waals surface area contributed by atoms with Crippen LogP contribution in [-0.2, 0) is 13.0 Å². The molecule has 2 aromatic rings. The predicted octanol–water partition coefficient (Wildman–Crippen LogP) is 2.92. The molecule has 0 bridgehead atoms. The number of thiophene rings is 1. The molecule has 0 aliphatic carbocycles. The summed E-state index contributed by atoms with van der Waals surface area (Å²) < 4.78 is 12.7. The highest BCUT2D eigenvalue weighted by atomic mass is 32.1. The Morgan fingerprint density at radius 3 is 2.68 bits per heavy atom. The van der Waals surface area contributed by atoms with Crippen molar-refractivity contribution in [3.63, 3.8) is 0 Å². The molecule has 100 valence electrons. The van der Waals surface area contributed by atoms with Crippen molar-refractivity contribution in [1.82, 2.24) is 5.32 Å².